The van der Waals surface area contributed by atoms with Crippen molar-refractivity contribution in [3.8, 4) is 11.5 Å². The largest absolute Gasteiger partial charge is 0.493 e. The van der Waals surface area contributed by atoms with Crippen LogP contribution in [-0.2, 0) is 6.54 Å². The van der Waals surface area contributed by atoms with Gasteiger partial charge in [0.25, 0.3) is 0 Å². The fraction of sp³-hybridized carbons (Fsp3) is 0.625. The first-order chi connectivity index (χ1) is 9.62. The minimum absolute atomic E-state index is 0.557. The van der Waals surface area contributed by atoms with Gasteiger partial charge < -0.3 is 14.8 Å². The molecule has 4 heteroatoms. The molecule has 1 unspecified atom stereocenters. The van der Waals surface area contributed by atoms with Crippen LogP contribution in [0.4, 0.5) is 0 Å². The number of nitrogens with one attached hydrogen (secondary N) is 1. The Bertz CT molecular complexity index is 434. The molecule has 1 aliphatic heterocycles. The zero-order valence-electron chi connectivity index (χ0n) is 13.0. The number of nitrogens with zero attached hydrogens (tertiary/aromatic N) is 1. The van der Waals surface area contributed by atoms with Gasteiger partial charge in [-0.25, -0.2) is 0 Å². The van der Waals surface area contributed by atoms with Crippen LogP contribution in [0.2, 0.25) is 0 Å². The lowest BCUT2D eigenvalue weighted by molar-refractivity contribution is 0.314. The van der Waals surface area contributed by atoms with Crippen LogP contribution in [0, 0.1) is 0 Å². The van der Waals surface area contributed by atoms with Crippen LogP contribution < -0.4 is 14.8 Å². The van der Waals surface area contributed by atoms with Gasteiger partial charge in [0.2, 0.25) is 0 Å². The minimum atomic E-state index is 0.557. The zero-order chi connectivity index (χ0) is 14.5. The van der Waals surface area contributed by atoms with Gasteiger partial charge in [-0.3, -0.25) is 4.90 Å². The lowest BCUT2D eigenvalue weighted by Gasteiger charge is -2.19. The van der Waals surface area contributed by atoms with E-state index in [1.54, 1.807) is 14.2 Å². The fourth-order valence-corrected chi connectivity index (χ4v) is 2.82. The van der Waals surface area contributed by atoms with E-state index in [1.165, 1.54) is 12.0 Å². The van der Waals surface area contributed by atoms with Crippen molar-refractivity contribution >= 4 is 0 Å². The molecule has 0 saturated carbocycles. The summed E-state index contributed by atoms with van der Waals surface area (Å²) in [6.45, 7) is 7.65. The first kappa shape index (κ1) is 15.1. The van der Waals surface area contributed by atoms with Gasteiger partial charge in [0.05, 0.1) is 14.2 Å². The highest BCUT2D eigenvalue weighted by atomic mass is 16.5. The van der Waals surface area contributed by atoms with E-state index in [9.17, 15) is 0 Å². The topological polar surface area (TPSA) is 33.7 Å². The molecule has 0 bridgehead atoms. The lowest BCUT2D eigenvalue weighted by Crippen LogP contribution is -2.36. The molecule has 1 N–H and O–H groups in total. The van der Waals surface area contributed by atoms with E-state index in [1.807, 2.05) is 6.07 Å². The van der Waals surface area contributed by atoms with E-state index in [-0.39, 0.29) is 0 Å². The second-order valence-corrected chi connectivity index (χ2v) is 5.73. The standard InChI is InChI=1S/C16H26N2O2/c1-12(2)17-14-7-8-18(11-14)10-13-5-6-15(19-3)16(9-13)20-4/h5-6,9,12,14,17H,7-8,10-11H2,1-4H3. The molecule has 0 aliphatic carbocycles. The van der Waals surface area contributed by atoms with E-state index < -0.39 is 0 Å². The van der Waals surface area contributed by atoms with Crippen LogP contribution in [0.25, 0.3) is 0 Å². The highest BCUT2D eigenvalue weighted by Crippen LogP contribution is 2.28. The van der Waals surface area contributed by atoms with Crippen molar-refractivity contribution in [1.82, 2.24) is 10.2 Å². The Hall–Kier alpha value is -1.26. The van der Waals surface area contributed by atoms with Gasteiger partial charge in [0.1, 0.15) is 0 Å². The Kier molecular flexibility index (Phi) is 5.26. The third-order valence-corrected chi connectivity index (χ3v) is 3.70. The third-order valence-electron chi connectivity index (χ3n) is 3.70. The highest BCUT2D eigenvalue weighted by molar-refractivity contribution is 5.42. The Morgan fingerprint density at radius 3 is 2.65 bits per heavy atom. The van der Waals surface area contributed by atoms with E-state index in [0.29, 0.717) is 12.1 Å². The van der Waals surface area contributed by atoms with E-state index in [2.05, 4.69) is 36.2 Å². The number of hydrogen-bond acceptors (Lipinski definition) is 4. The predicted octanol–water partition coefficient (Wildman–Crippen LogP) is 2.28. The van der Waals surface area contributed by atoms with Crippen molar-refractivity contribution < 1.29 is 9.47 Å². The van der Waals surface area contributed by atoms with Gasteiger partial charge in [-0.1, -0.05) is 19.9 Å². The summed E-state index contributed by atoms with van der Waals surface area (Å²) in [6, 6.07) is 7.34. The minimum Gasteiger partial charge on any atom is -0.493 e. The van der Waals surface area contributed by atoms with Gasteiger partial charge in [-0.15, -0.1) is 0 Å². The summed E-state index contributed by atoms with van der Waals surface area (Å²) in [5.74, 6) is 1.60. The first-order valence-corrected chi connectivity index (χ1v) is 7.31. The summed E-state index contributed by atoms with van der Waals surface area (Å²) in [5.41, 5.74) is 1.27. The number of hydrogen-bond donors (Lipinski definition) is 1. The highest BCUT2D eigenvalue weighted by Gasteiger charge is 2.22. The Balaban J connectivity index is 1.94. The van der Waals surface area contributed by atoms with Crippen molar-refractivity contribution in [3.05, 3.63) is 23.8 Å². The molecule has 1 aliphatic rings. The molecule has 0 amide bonds. The van der Waals surface area contributed by atoms with Gasteiger partial charge in [-0.2, -0.15) is 0 Å². The van der Waals surface area contributed by atoms with Crippen LogP contribution in [-0.4, -0.2) is 44.3 Å². The maximum absolute atomic E-state index is 5.36. The van der Waals surface area contributed by atoms with Crippen molar-refractivity contribution in [2.75, 3.05) is 27.3 Å². The summed E-state index contributed by atoms with van der Waals surface area (Å²) >= 11 is 0. The summed E-state index contributed by atoms with van der Waals surface area (Å²) < 4.78 is 10.6. The summed E-state index contributed by atoms with van der Waals surface area (Å²) in [5, 5.41) is 3.61. The molecule has 4 nitrogen and oxygen atoms in total. The zero-order valence-corrected chi connectivity index (χ0v) is 13.0. The van der Waals surface area contributed by atoms with E-state index >= 15 is 0 Å². The van der Waals surface area contributed by atoms with Gasteiger partial charge in [0.15, 0.2) is 11.5 Å². The van der Waals surface area contributed by atoms with Crippen molar-refractivity contribution in [3.63, 3.8) is 0 Å². The average molecular weight is 278 g/mol. The SMILES string of the molecule is COc1ccc(CN2CCC(NC(C)C)C2)cc1OC. The monoisotopic (exact) mass is 278 g/mol. The Morgan fingerprint density at radius 2 is 2.00 bits per heavy atom. The maximum atomic E-state index is 5.36. The lowest BCUT2D eigenvalue weighted by atomic mass is 10.2. The molecular formula is C16H26N2O2. The number of ether oxygens (including phenoxy) is 2. The Morgan fingerprint density at radius 1 is 1.25 bits per heavy atom. The molecule has 1 saturated heterocycles. The van der Waals surface area contributed by atoms with Crippen LogP contribution in [0.3, 0.4) is 0 Å². The molecule has 1 heterocycles. The fourth-order valence-electron chi connectivity index (χ4n) is 2.82. The summed E-state index contributed by atoms with van der Waals surface area (Å²) in [4.78, 5) is 2.49. The van der Waals surface area contributed by atoms with Crippen molar-refractivity contribution in [1.29, 1.82) is 0 Å². The molecular weight excluding hydrogens is 252 g/mol. The molecule has 0 spiro atoms. The molecule has 0 radical (unpaired) electrons. The normalized spacial score (nSPS) is 19.6. The van der Waals surface area contributed by atoms with Crippen LogP contribution in [0.15, 0.2) is 18.2 Å². The quantitative estimate of drug-likeness (QED) is 0.865. The number of methoxy groups -OCH3 is 2. The second-order valence-electron chi connectivity index (χ2n) is 5.73. The van der Waals surface area contributed by atoms with Crippen LogP contribution in [0.1, 0.15) is 25.8 Å². The van der Waals surface area contributed by atoms with Gasteiger partial charge >= 0.3 is 0 Å². The van der Waals surface area contributed by atoms with Gasteiger partial charge in [0, 0.05) is 31.7 Å². The smallest absolute Gasteiger partial charge is 0.161 e. The van der Waals surface area contributed by atoms with Gasteiger partial charge in [-0.05, 0) is 24.1 Å². The molecule has 1 atom stereocenters. The third kappa shape index (κ3) is 3.87. The molecule has 2 rings (SSSR count). The average Bonchev–Trinajstić information content (AvgIpc) is 2.85. The van der Waals surface area contributed by atoms with E-state index in [0.717, 1.165) is 31.1 Å². The van der Waals surface area contributed by atoms with E-state index in [4.69, 9.17) is 9.47 Å². The van der Waals surface area contributed by atoms with Crippen LogP contribution in [0.5, 0.6) is 11.5 Å². The molecule has 0 aromatic heterocycles. The predicted molar refractivity (Wildman–Crippen MR) is 81.5 cm³/mol. The first-order valence-electron chi connectivity index (χ1n) is 7.31. The second kappa shape index (κ2) is 6.95. The molecule has 1 aromatic carbocycles. The summed E-state index contributed by atoms with van der Waals surface area (Å²) in [7, 11) is 3.35. The van der Waals surface area contributed by atoms with Crippen molar-refractivity contribution in [2.45, 2.75) is 38.9 Å². The number of rotatable bonds is 6. The van der Waals surface area contributed by atoms with Crippen molar-refractivity contribution in [2.24, 2.45) is 0 Å². The summed E-state index contributed by atoms with van der Waals surface area (Å²) in [6.07, 6.45) is 1.23. The van der Waals surface area contributed by atoms with Crippen LogP contribution >= 0.6 is 0 Å². The molecule has 1 aromatic rings. The molecule has 20 heavy (non-hydrogen) atoms. The number of likely N-dealkylation sites (tertiary alicyclic amines) is 1. The molecule has 112 valence electrons. The molecule has 1 fully saturated rings. The maximum Gasteiger partial charge on any atom is 0.161 e. The number of benzene rings is 1. The Labute approximate surface area is 122 Å².